The zero-order valence-electron chi connectivity index (χ0n) is 11.5. The van der Waals surface area contributed by atoms with Gasteiger partial charge in [0.2, 0.25) is 5.91 Å². The zero-order chi connectivity index (χ0) is 13.2. The Morgan fingerprint density at radius 3 is 2.78 bits per heavy atom. The van der Waals surface area contributed by atoms with Gasteiger partial charge in [-0.25, -0.2) is 4.99 Å². The number of hydrogen-bond acceptors (Lipinski definition) is 3. The van der Waals surface area contributed by atoms with Gasteiger partial charge in [0.1, 0.15) is 6.04 Å². The predicted octanol–water partition coefficient (Wildman–Crippen LogP) is 1.86. The predicted molar refractivity (Wildman–Crippen MR) is 77.0 cm³/mol. The maximum absolute atomic E-state index is 12.1. The molecular formula is C13H23N3OS. The lowest BCUT2D eigenvalue weighted by molar-refractivity contribution is -0.131. The fourth-order valence-corrected chi connectivity index (χ4v) is 3.53. The molecule has 2 saturated heterocycles. The highest BCUT2D eigenvalue weighted by molar-refractivity contribution is 8.14. The number of amidine groups is 1. The first-order valence-electron chi connectivity index (χ1n) is 6.82. The van der Waals surface area contributed by atoms with Gasteiger partial charge in [-0.1, -0.05) is 18.7 Å². The van der Waals surface area contributed by atoms with Crippen LogP contribution in [-0.4, -0.2) is 46.4 Å². The highest BCUT2D eigenvalue weighted by Gasteiger charge is 2.32. The molecule has 2 atom stereocenters. The maximum Gasteiger partial charge on any atom is 0.247 e. The molecule has 2 fully saturated rings. The van der Waals surface area contributed by atoms with Gasteiger partial charge in [0.25, 0.3) is 0 Å². The van der Waals surface area contributed by atoms with Gasteiger partial charge < -0.3 is 10.2 Å². The van der Waals surface area contributed by atoms with E-state index in [1.807, 2.05) is 11.8 Å². The van der Waals surface area contributed by atoms with E-state index < -0.39 is 0 Å². The molecule has 0 spiro atoms. The van der Waals surface area contributed by atoms with Gasteiger partial charge in [-0.2, -0.15) is 0 Å². The SMILES string of the molecule is CCC1(C)CSC(=NC(C)C(=O)N2CCCC2)N1. The molecule has 2 heterocycles. The molecular weight excluding hydrogens is 246 g/mol. The number of rotatable bonds is 3. The second-order valence-corrected chi connectivity index (χ2v) is 6.43. The third kappa shape index (κ3) is 2.99. The van der Waals surface area contributed by atoms with Crippen LogP contribution in [0, 0.1) is 0 Å². The zero-order valence-corrected chi connectivity index (χ0v) is 12.3. The monoisotopic (exact) mass is 269 g/mol. The molecule has 1 amide bonds. The molecule has 0 aromatic carbocycles. The Morgan fingerprint density at radius 2 is 2.22 bits per heavy atom. The van der Waals surface area contributed by atoms with Crippen LogP contribution >= 0.6 is 11.8 Å². The summed E-state index contributed by atoms with van der Waals surface area (Å²) in [5.74, 6) is 1.21. The number of carbonyl (C=O) groups excluding carboxylic acids is 1. The Morgan fingerprint density at radius 1 is 1.56 bits per heavy atom. The Hall–Kier alpha value is -0.710. The van der Waals surface area contributed by atoms with E-state index in [1.165, 1.54) is 0 Å². The topological polar surface area (TPSA) is 44.7 Å². The summed E-state index contributed by atoms with van der Waals surface area (Å²) in [5, 5.41) is 4.37. The van der Waals surface area contributed by atoms with Crippen LogP contribution in [0.2, 0.25) is 0 Å². The molecule has 18 heavy (non-hydrogen) atoms. The molecule has 2 unspecified atom stereocenters. The molecule has 0 aromatic rings. The summed E-state index contributed by atoms with van der Waals surface area (Å²) in [7, 11) is 0. The van der Waals surface area contributed by atoms with E-state index in [0.29, 0.717) is 0 Å². The van der Waals surface area contributed by atoms with Crippen molar-refractivity contribution >= 4 is 22.8 Å². The number of aliphatic imine (C=N–C) groups is 1. The highest BCUT2D eigenvalue weighted by Crippen LogP contribution is 2.26. The van der Waals surface area contributed by atoms with Crippen molar-refractivity contribution in [3.05, 3.63) is 0 Å². The largest absolute Gasteiger partial charge is 0.359 e. The standard InChI is InChI=1S/C13H23N3OS/c1-4-13(3)9-18-12(15-13)14-10(2)11(17)16-7-5-6-8-16/h10H,4-9H2,1-3H3,(H,14,15). The third-order valence-electron chi connectivity index (χ3n) is 3.80. The van der Waals surface area contributed by atoms with Gasteiger partial charge >= 0.3 is 0 Å². The van der Waals surface area contributed by atoms with E-state index in [4.69, 9.17) is 0 Å². The molecule has 2 rings (SSSR count). The lowest BCUT2D eigenvalue weighted by Crippen LogP contribution is -2.41. The van der Waals surface area contributed by atoms with Crippen molar-refractivity contribution in [1.82, 2.24) is 10.2 Å². The maximum atomic E-state index is 12.1. The summed E-state index contributed by atoms with van der Waals surface area (Å²) in [4.78, 5) is 18.6. The Labute approximate surface area is 114 Å². The number of likely N-dealkylation sites (tertiary alicyclic amines) is 1. The summed E-state index contributed by atoms with van der Waals surface area (Å²) in [5.41, 5.74) is 0.139. The van der Waals surface area contributed by atoms with Crippen molar-refractivity contribution in [2.24, 2.45) is 4.99 Å². The van der Waals surface area contributed by atoms with Crippen molar-refractivity contribution < 1.29 is 4.79 Å². The van der Waals surface area contributed by atoms with Crippen LogP contribution in [0.1, 0.15) is 40.0 Å². The van der Waals surface area contributed by atoms with E-state index in [9.17, 15) is 4.79 Å². The quantitative estimate of drug-likeness (QED) is 0.850. The van der Waals surface area contributed by atoms with E-state index in [-0.39, 0.29) is 17.5 Å². The van der Waals surface area contributed by atoms with Crippen LogP contribution in [0.25, 0.3) is 0 Å². The van der Waals surface area contributed by atoms with Crippen LogP contribution < -0.4 is 5.32 Å². The summed E-state index contributed by atoms with van der Waals surface area (Å²) in [6.45, 7) is 8.09. The first-order chi connectivity index (χ1) is 8.54. The van der Waals surface area contributed by atoms with Gasteiger partial charge in [-0.15, -0.1) is 0 Å². The lowest BCUT2D eigenvalue weighted by Gasteiger charge is -2.21. The van der Waals surface area contributed by atoms with Gasteiger partial charge in [-0.3, -0.25) is 4.79 Å². The van der Waals surface area contributed by atoms with Gasteiger partial charge in [0.05, 0.1) is 0 Å². The fraction of sp³-hybridized carbons (Fsp3) is 0.846. The Balaban J connectivity index is 1.94. The molecule has 0 aliphatic carbocycles. The van der Waals surface area contributed by atoms with Gasteiger partial charge in [0.15, 0.2) is 5.17 Å². The van der Waals surface area contributed by atoms with Crippen molar-refractivity contribution in [2.45, 2.75) is 51.6 Å². The van der Waals surface area contributed by atoms with Crippen LogP contribution in [0.5, 0.6) is 0 Å². The molecule has 0 radical (unpaired) electrons. The first kappa shape index (κ1) is 13.7. The molecule has 2 aliphatic heterocycles. The van der Waals surface area contributed by atoms with E-state index >= 15 is 0 Å². The van der Waals surface area contributed by atoms with E-state index in [1.54, 1.807) is 11.8 Å². The smallest absolute Gasteiger partial charge is 0.247 e. The number of nitrogens with zero attached hydrogens (tertiary/aromatic N) is 2. The number of hydrogen-bond donors (Lipinski definition) is 1. The number of carbonyl (C=O) groups is 1. The first-order valence-corrected chi connectivity index (χ1v) is 7.80. The highest BCUT2D eigenvalue weighted by atomic mass is 32.2. The van der Waals surface area contributed by atoms with Crippen molar-refractivity contribution in [3.8, 4) is 0 Å². The normalized spacial score (nSPS) is 31.7. The molecule has 4 nitrogen and oxygen atoms in total. The molecule has 0 saturated carbocycles. The summed E-state index contributed by atoms with van der Waals surface area (Å²) >= 11 is 1.73. The third-order valence-corrected chi connectivity index (χ3v) is 5.06. The van der Waals surface area contributed by atoms with Crippen LogP contribution in [0.15, 0.2) is 4.99 Å². The second-order valence-electron chi connectivity index (χ2n) is 5.47. The van der Waals surface area contributed by atoms with Crippen molar-refractivity contribution in [3.63, 3.8) is 0 Å². The lowest BCUT2D eigenvalue weighted by atomic mass is 10.0. The Kier molecular flexibility index (Phi) is 4.20. The number of nitrogens with one attached hydrogen (secondary N) is 1. The average molecular weight is 269 g/mol. The van der Waals surface area contributed by atoms with E-state index in [0.717, 1.165) is 43.3 Å². The minimum atomic E-state index is -0.252. The van der Waals surface area contributed by atoms with E-state index in [2.05, 4.69) is 24.2 Å². The second kappa shape index (κ2) is 5.51. The summed E-state index contributed by atoms with van der Waals surface area (Å²) in [6, 6.07) is -0.252. The molecule has 1 N–H and O–H groups in total. The molecule has 0 bridgehead atoms. The minimum absolute atomic E-state index is 0.139. The number of amides is 1. The molecule has 2 aliphatic rings. The van der Waals surface area contributed by atoms with Crippen LogP contribution in [-0.2, 0) is 4.79 Å². The van der Waals surface area contributed by atoms with Gasteiger partial charge in [-0.05, 0) is 33.1 Å². The summed E-state index contributed by atoms with van der Waals surface area (Å²) in [6.07, 6.45) is 3.35. The Bertz CT molecular complexity index is 352. The fourth-order valence-electron chi connectivity index (χ4n) is 2.25. The van der Waals surface area contributed by atoms with Crippen molar-refractivity contribution in [1.29, 1.82) is 0 Å². The molecule has 5 heteroatoms. The summed E-state index contributed by atoms with van der Waals surface area (Å²) < 4.78 is 0. The van der Waals surface area contributed by atoms with Crippen LogP contribution in [0.3, 0.4) is 0 Å². The minimum Gasteiger partial charge on any atom is -0.359 e. The average Bonchev–Trinajstić information content (AvgIpc) is 2.99. The van der Waals surface area contributed by atoms with Crippen LogP contribution in [0.4, 0.5) is 0 Å². The number of thioether (sulfide) groups is 1. The van der Waals surface area contributed by atoms with Crippen molar-refractivity contribution in [2.75, 3.05) is 18.8 Å². The van der Waals surface area contributed by atoms with Gasteiger partial charge in [0, 0.05) is 24.4 Å². The molecule has 102 valence electrons. The molecule has 0 aromatic heterocycles.